The Kier molecular flexibility index (Phi) is 3.16. The summed E-state index contributed by atoms with van der Waals surface area (Å²) in [5, 5.41) is 6.61. The topological polar surface area (TPSA) is 24.1 Å². The predicted octanol–water partition coefficient (Wildman–Crippen LogP) is 0.594. The summed E-state index contributed by atoms with van der Waals surface area (Å²) in [4.78, 5) is 0. The smallest absolute Gasteiger partial charge is 0.0119 e. The van der Waals surface area contributed by atoms with Gasteiger partial charge in [0.25, 0.3) is 0 Å². The average molecular weight is 142 g/mol. The quantitative estimate of drug-likeness (QED) is 0.600. The van der Waals surface area contributed by atoms with Crippen LogP contribution < -0.4 is 10.6 Å². The van der Waals surface area contributed by atoms with Gasteiger partial charge in [-0.05, 0) is 32.5 Å². The molecule has 0 bridgehead atoms. The Hall–Kier alpha value is -0.0800. The summed E-state index contributed by atoms with van der Waals surface area (Å²) in [6, 6.07) is 0.803. The molecule has 2 heteroatoms. The monoisotopic (exact) mass is 142 g/mol. The van der Waals surface area contributed by atoms with E-state index in [0.29, 0.717) is 0 Å². The van der Waals surface area contributed by atoms with E-state index in [1.807, 2.05) is 7.05 Å². The lowest BCUT2D eigenvalue weighted by Gasteiger charge is -2.37. The van der Waals surface area contributed by atoms with Gasteiger partial charge in [-0.25, -0.2) is 0 Å². The van der Waals surface area contributed by atoms with Crippen LogP contribution in [0.4, 0.5) is 0 Å². The van der Waals surface area contributed by atoms with Crippen molar-refractivity contribution >= 4 is 0 Å². The van der Waals surface area contributed by atoms with Gasteiger partial charge >= 0.3 is 0 Å². The molecule has 2 atom stereocenters. The molecule has 0 aliphatic carbocycles. The maximum Gasteiger partial charge on any atom is 0.0119 e. The summed E-state index contributed by atoms with van der Waals surface area (Å²) in [5.41, 5.74) is 0. The summed E-state index contributed by atoms with van der Waals surface area (Å²) < 4.78 is 0. The number of nitrogens with one attached hydrogen (secondary N) is 2. The first-order valence-corrected chi connectivity index (χ1v) is 4.26. The molecule has 1 aliphatic rings. The zero-order valence-corrected chi connectivity index (χ0v) is 6.98. The van der Waals surface area contributed by atoms with Crippen LogP contribution >= 0.6 is 0 Å². The van der Waals surface area contributed by atoms with Crippen molar-refractivity contribution in [1.29, 1.82) is 0 Å². The Morgan fingerprint density at radius 2 is 2.40 bits per heavy atom. The third-order valence-corrected chi connectivity index (χ3v) is 2.44. The Morgan fingerprint density at radius 1 is 1.60 bits per heavy atom. The van der Waals surface area contributed by atoms with Gasteiger partial charge in [0.05, 0.1) is 0 Å². The molecule has 0 aromatic rings. The van der Waals surface area contributed by atoms with E-state index < -0.39 is 0 Å². The summed E-state index contributed by atoms with van der Waals surface area (Å²) in [5.74, 6) is 0.952. The van der Waals surface area contributed by atoms with E-state index in [4.69, 9.17) is 0 Å². The number of hydrogen-bond acceptors (Lipinski definition) is 2. The molecule has 2 nitrogen and oxygen atoms in total. The second-order valence-corrected chi connectivity index (χ2v) is 3.08. The zero-order chi connectivity index (χ0) is 7.40. The molecule has 0 saturated carbocycles. The first-order valence-electron chi connectivity index (χ1n) is 4.26. The highest BCUT2D eigenvalue weighted by Crippen LogP contribution is 2.18. The van der Waals surface area contributed by atoms with Gasteiger partial charge in [-0.15, -0.1) is 0 Å². The molecule has 1 aliphatic heterocycles. The number of hydrogen-bond donors (Lipinski definition) is 2. The molecule has 0 spiro atoms. The second kappa shape index (κ2) is 3.94. The van der Waals surface area contributed by atoms with Crippen LogP contribution in [0.5, 0.6) is 0 Å². The van der Waals surface area contributed by atoms with Gasteiger partial charge in [-0.1, -0.05) is 13.3 Å². The second-order valence-electron chi connectivity index (χ2n) is 3.08. The third-order valence-electron chi connectivity index (χ3n) is 2.44. The van der Waals surface area contributed by atoms with Crippen molar-refractivity contribution in [3.8, 4) is 0 Å². The van der Waals surface area contributed by atoms with E-state index in [9.17, 15) is 0 Å². The Balaban J connectivity index is 2.05. The van der Waals surface area contributed by atoms with E-state index in [2.05, 4.69) is 17.6 Å². The van der Waals surface area contributed by atoms with Crippen molar-refractivity contribution in [2.45, 2.75) is 25.8 Å². The highest BCUT2D eigenvalue weighted by Gasteiger charge is 2.27. The maximum atomic E-state index is 3.44. The molecule has 10 heavy (non-hydrogen) atoms. The fourth-order valence-electron chi connectivity index (χ4n) is 1.52. The molecule has 1 fully saturated rings. The molecular formula is C8H18N2. The van der Waals surface area contributed by atoms with Gasteiger partial charge in [0.1, 0.15) is 0 Å². The largest absolute Gasteiger partial charge is 0.320 e. The molecule has 1 rings (SSSR count). The van der Waals surface area contributed by atoms with Crippen LogP contribution in [0.15, 0.2) is 0 Å². The Bertz CT molecular complexity index is 91.3. The van der Waals surface area contributed by atoms with Crippen LogP contribution in [-0.4, -0.2) is 26.2 Å². The van der Waals surface area contributed by atoms with E-state index in [0.717, 1.165) is 18.5 Å². The minimum atomic E-state index is 0.803. The predicted molar refractivity (Wildman–Crippen MR) is 44.1 cm³/mol. The zero-order valence-electron chi connectivity index (χ0n) is 6.98. The first kappa shape index (κ1) is 8.02. The van der Waals surface area contributed by atoms with Gasteiger partial charge in [0.2, 0.25) is 0 Å². The molecule has 1 saturated heterocycles. The Labute approximate surface area is 63.4 Å². The lowest BCUT2D eigenvalue weighted by molar-refractivity contribution is 0.213. The van der Waals surface area contributed by atoms with Gasteiger partial charge in [-0.2, -0.15) is 0 Å². The van der Waals surface area contributed by atoms with Crippen molar-refractivity contribution in [1.82, 2.24) is 10.6 Å². The van der Waals surface area contributed by atoms with Crippen LogP contribution in [0.3, 0.4) is 0 Å². The van der Waals surface area contributed by atoms with Crippen LogP contribution in [0.25, 0.3) is 0 Å². The summed E-state index contributed by atoms with van der Waals surface area (Å²) >= 11 is 0. The standard InChI is InChI=1S/C8H18N2/c1-3-7-6-10-8(7)4-5-9-2/h7-10H,3-6H2,1-2H3/t7-,8+/m0/s1. The molecule has 2 N–H and O–H groups in total. The molecular weight excluding hydrogens is 124 g/mol. The van der Waals surface area contributed by atoms with E-state index in [1.165, 1.54) is 19.4 Å². The van der Waals surface area contributed by atoms with Gasteiger partial charge in [-0.3, -0.25) is 0 Å². The van der Waals surface area contributed by atoms with Gasteiger partial charge in [0, 0.05) is 6.04 Å². The molecule has 1 heterocycles. The SMILES string of the molecule is CC[C@H]1CN[C@@H]1CCNC. The lowest BCUT2D eigenvalue weighted by Crippen LogP contribution is -2.53. The molecule has 0 unspecified atom stereocenters. The van der Waals surface area contributed by atoms with Crippen LogP contribution in [0.2, 0.25) is 0 Å². The van der Waals surface area contributed by atoms with E-state index >= 15 is 0 Å². The summed E-state index contributed by atoms with van der Waals surface area (Å²) in [6.07, 6.45) is 2.62. The highest BCUT2D eigenvalue weighted by molar-refractivity contribution is 4.86. The van der Waals surface area contributed by atoms with Gasteiger partial charge < -0.3 is 10.6 Å². The van der Waals surface area contributed by atoms with Crippen LogP contribution in [0.1, 0.15) is 19.8 Å². The third kappa shape index (κ3) is 1.70. The minimum Gasteiger partial charge on any atom is -0.320 e. The molecule has 0 aromatic heterocycles. The van der Waals surface area contributed by atoms with E-state index in [-0.39, 0.29) is 0 Å². The van der Waals surface area contributed by atoms with Crippen molar-refractivity contribution in [3.05, 3.63) is 0 Å². The van der Waals surface area contributed by atoms with Crippen molar-refractivity contribution < 1.29 is 0 Å². The first-order chi connectivity index (χ1) is 4.88. The maximum absolute atomic E-state index is 3.44. The summed E-state index contributed by atoms with van der Waals surface area (Å²) in [7, 11) is 2.01. The minimum absolute atomic E-state index is 0.803. The molecule has 60 valence electrons. The van der Waals surface area contributed by atoms with Gasteiger partial charge in [0.15, 0.2) is 0 Å². The van der Waals surface area contributed by atoms with E-state index in [1.54, 1.807) is 0 Å². The fourth-order valence-corrected chi connectivity index (χ4v) is 1.52. The van der Waals surface area contributed by atoms with Crippen molar-refractivity contribution in [2.24, 2.45) is 5.92 Å². The lowest BCUT2D eigenvalue weighted by atomic mass is 9.87. The molecule has 0 aromatic carbocycles. The average Bonchev–Trinajstić information content (AvgIpc) is 1.88. The summed E-state index contributed by atoms with van der Waals surface area (Å²) in [6.45, 7) is 4.66. The van der Waals surface area contributed by atoms with Crippen molar-refractivity contribution in [3.63, 3.8) is 0 Å². The Morgan fingerprint density at radius 3 is 2.80 bits per heavy atom. The molecule has 0 amide bonds. The molecule has 0 radical (unpaired) electrons. The normalized spacial score (nSPS) is 31.8. The van der Waals surface area contributed by atoms with Crippen molar-refractivity contribution in [2.75, 3.05) is 20.1 Å². The fraction of sp³-hybridized carbons (Fsp3) is 1.00. The number of rotatable bonds is 4. The van der Waals surface area contributed by atoms with Crippen LogP contribution in [-0.2, 0) is 0 Å². The highest BCUT2D eigenvalue weighted by atomic mass is 15.0. The van der Waals surface area contributed by atoms with Crippen LogP contribution in [0, 0.1) is 5.92 Å².